The van der Waals surface area contributed by atoms with Crippen molar-refractivity contribution in [3.63, 3.8) is 0 Å². The summed E-state index contributed by atoms with van der Waals surface area (Å²) in [4.78, 5) is 11.6. The Balaban J connectivity index is 2.48. The molecule has 1 aromatic carbocycles. The lowest BCUT2D eigenvalue weighted by Crippen LogP contribution is -2.07. The van der Waals surface area contributed by atoms with Crippen LogP contribution in [0.3, 0.4) is 0 Å². The van der Waals surface area contributed by atoms with Gasteiger partial charge in [-0.15, -0.1) is 5.10 Å². The van der Waals surface area contributed by atoms with Crippen LogP contribution in [0.25, 0.3) is 11.3 Å². The molecule has 0 radical (unpaired) electrons. The first-order valence-corrected chi connectivity index (χ1v) is 5.54. The number of aromatic amines is 1. The number of halogens is 2. The Labute approximate surface area is 107 Å². The number of benzene rings is 1. The first kappa shape index (κ1) is 12.5. The molecule has 0 aliphatic heterocycles. The Morgan fingerprint density at radius 2 is 2.28 bits per heavy atom. The lowest BCUT2D eigenvalue weighted by atomic mass is 10.1. The van der Waals surface area contributed by atoms with Crippen LogP contribution < -0.4 is 0 Å². The number of carbonyl (C=O) groups is 1. The number of hydrogen-bond acceptors (Lipinski definition) is 4. The number of rotatable bonds is 3. The molecular formula is C11H9ClFN3O2. The van der Waals surface area contributed by atoms with Gasteiger partial charge in [0.05, 0.1) is 11.6 Å². The first-order valence-electron chi connectivity index (χ1n) is 5.16. The van der Waals surface area contributed by atoms with Gasteiger partial charge in [-0.05, 0) is 25.1 Å². The van der Waals surface area contributed by atoms with Gasteiger partial charge in [-0.3, -0.25) is 0 Å². The van der Waals surface area contributed by atoms with Crippen LogP contribution in [-0.2, 0) is 4.74 Å². The number of H-pyrrole nitrogens is 1. The summed E-state index contributed by atoms with van der Waals surface area (Å²) in [7, 11) is 0. The molecule has 1 heterocycles. The minimum atomic E-state index is -0.637. The van der Waals surface area contributed by atoms with E-state index in [2.05, 4.69) is 15.4 Å². The van der Waals surface area contributed by atoms with Crippen molar-refractivity contribution in [1.82, 2.24) is 15.4 Å². The van der Waals surface area contributed by atoms with Crippen LogP contribution in [0.5, 0.6) is 0 Å². The number of carbonyl (C=O) groups excluding carboxylic acids is 1. The van der Waals surface area contributed by atoms with Gasteiger partial charge in [0.25, 0.3) is 0 Å². The summed E-state index contributed by atoms with van der Waals surface area (Å²) in [5.41, 5.74) is 0.427. The Kier molecular flexibility index (Phi) is 3.57. The van der Waals surface area contributed by atoms with Crippen molar-refractivity contribution in [2.24, 2.45) is 0 Å². The average molecular weight is 270 g/mol. The van der Waals surface area contributed by atoms with Gasteiger partial charge in [0.2, 0.25) is 0 Å². The molecule has 7 heteroatoms. The highest BCUT2D eigenvalue weighted by molar-refractivity contribution is 6.33. The van der Waals surface area contributed by atoms with E-state index in [9.17, 15) is 9.18 Å². The molecule has 2 rings (SSSR count). The molecular weight excluding hydrogens is 261 g/mol. The van der Waals surface area contributed by atoms with Gasteiger partial charge >= 0.3 is 5.97 Å². The fraction of sp³-hybridized carbons (Fsp3) is 0.182. The molecule has 18 heavy (non-hydrogen) atoms. The van der Waals surface area contributed by atoms with Crippen molar-refractivity contribution in [2.45, 2.75) is 6.92 Å². The molecule has 5 nitrogen and oxygen atoms in total. The van der Waals surface area contributed by atoms with E-state index in [0.29, 0.717) is 0 Å². The Morgan fingerprint density at radius 3 is 3.00 bits per heavy atom. The van der Waals surface area contributed by atoms with E-state index in [0.717, 1.165) is 0 Å². The maximum absolute atomic E-state index is 13.2. The van der Waals surface area contributed by atoms with Crippen LogP contribution in [-0.4, -0.2) is 28.0 Å². The number of esters is 1. The van der Waals surface area contributed by atoms with Crippen molar-refractivity contribution in [2.75, 3.05) is 6.61 Å². The van der Waals surface area contributed by atoms with E-state index < -0.39 is 11.8 Å². The molecule has 1 N–H and O–H groups in total. The Morgan fingerprint density at radius 1 is 1.50 bits per heavy atom. The lowest BCUT2D eigenvalue weighted by Gasteiger charge is -2.03. The van der Waals surface area contributed by atoms with Crippen molar-refractivity contribution >= 4 is 17.6 Å². The van der Waals surface area contributed by atoms with E-state index >= 15 is 0 Å². The highest BCUT2D eigenvalue weighted by Crippen LogP contribution is 2.28. The average Bonchev–Trinajstić information content (AvgIpc) is 2.81. The fourth-order valence-corrected chi connectivity index (χ4v) is 1.65. The third-order valence-corrected chi connectivity index (χ3v) is 2.53. The zero-order valence-corrected chi connectivity index (χ0v) is 10.2. The molecule has 0 amide bonds. The third kappa shape index (κ3) is 2.33. The molecule has 94 valence electrons. The van der Waals surface area contributed by atoms with E-state index in [-0.39, 0.29) is 28.6 Å². The number of nitrogens with zero attached hydrogens (tertiary/aromatic N) is 2. The van der Waals surface area contributed by atoms with Crippen molar-refractivity contribution in [1.29, 1.82) is 0 Å². The molecule has 0 aliphatic rings. The summed E-state index contributed by atoms with van der Waals surface area (Å²) in [5.74, 6) is -1.12. The smallest absolute Gasteiger partial charge is 0.361 e. The SMILES string of the molecule is CCOC(=O)c1n[nH]nc1-c1cc(F)ccc1Cl. The third-order valence-electron chi connectivity index (χ3n) is 2.20. The van der Waals surface area contributed by atoms with E-state index in [1.54, 1.807) is 6.92 Å². The second kappa shape index (κ2) is 5.14. The maximum Gasteiger partial charge on any atom is 0.361 e. The highest BCUT2D eigenvalue weighted by atomic mass is 35.5. The Bertz CT molecular complexity index is 585. The summed E-state index contributed by atoms with van der Waals surface area (Å²) in [6.45, 7) is 1.88. The molecule has 0 unspecified atom stereocenters. The highest BCUT2D eigenvalue weighted by Gasteiger charge is 2.21. The zero-order chi connectivity index (χ0) is 13.1. The van der Waals surface area contributed by atoms with Crippen molar-refractivity contribution < 1.29 is 13.9 Å². The number of nitrogens with one attached hydrogen (secondary N) is 1. The van der Waals surface area contributed by atoms with Gasteiger partial charge in [0.15, 0.2) is 5.69 Å². The first-order chi connectivity index (χ1) is 8.63. The predicted octanol–water partition coefficient (Wildman–Crippen LogP) is 2.44. The fourth-order valence-electron chi connectivity index (χ4n) is 1.44. The summed E-state index contributed by atoms with van der Waals surface area (Å²) < 4.78 is 18.0. The van der Waals surface area contributed by atoms with Gasteiger partial charge in [0.1, 0.15) is 11.5 Å². The van der Waals surface area contributed by atoms with Crippen LogP contribution in [0, 0.1) is 5.82 Å². The number of aromatic nitrogens is 3. The minimum absolute atomic E-state index is 0.0237. The Hall–Kier alpha value is -1.95. The molecule has 0 spiro atoms. The van der Waals surface area contributed by atoms with Gasteiger partial charge < -0.3 is 4.74 Å². The molecule has 0 atom stereocenters. The molecule has 0 bridgehead atoms. The largest absolute Gasteiger partial charge is 0.461 e. The predicted molar refractivity (Wildman–Crippen MR) is 62.7 cm³/mol. The van der Waals surface area contributed by atoms with E-state index in [1.807, 2.05) is 0 Å². The van der Waals surface area contributed by atoms with E-state index in [4.69, 9.17) is 16.3 Å². The monoisotopic (exact) mass is 269 g/mol. The van der Waals surface area contributed by atoms with E-state index in [1.165, 1.54) is 18.2 Å². The van der Waals surface area contributed by atoms with Crippen LogP contribution in [0.15, 0.2) is 18.2 Å². The molecule has 1 aromatic heterocycles. The van der Waals surface area contributed by atoms with Gasteiger partial charge in [-0.25, -0.2) is 9.18 Å². The normalized spacial score (nSPS) is 10.4. The van der Waals surface area contributed by atoms with Crippen LogP contribution in [0.2, 0.25) is 5.02 Å². The number of hydrogen-bond donors (Lipinski definition) is 1. The van der Waals surface area contributed by atoms with Gasteiger partial charge in [-0.2, -0.15) is 10.3 Å². The minimum Gasteiger partial charge on any atom is -0.461 e. The van der Waals surface area contributed by atoms with Crippen molar-refractivity contribution in [3.05, 3.63) is 34.7 Å². The zero-order valence-electron chi connectivity index (χ0n) is 9.41. The second-order valence-corrected chi connectivity index (χ2v) is 3.77. The summed E-state index contributed by atoms with van der Waals surface area (Å²) in [6, 6.07) is 3.79. The summed E-state index contributed by atoms with van der Waals surface area (Å²) >= 11 is 5.94. The van der Waals surface area contributed by atoms with Crippen LogP contribution in [0.1, 0.15) is 17.4 Å². The van der Waals surface area contributed by atoms with Crippen LogP contribution >= 0.6 is 11.6 Å². The van der Waals surface area contributed by atoms with Gasteiger partial charge in [-0.1, -0.05) is 11.6 Å². The molecule has 0 aliphatic carbocycles. The second-order valence-electron chi connectivity index (χ2n) is 3.37. The summed E-state index contributed by atoms with van der Waals surface area (Å²) in [5, 5.41) is 10.1. The lowest BCUT2D eigenvalue weighted by molar-refractivity contribution is 0.0520. The van der Waals surface area contributed by atoms with Gasteiger partial charge in [0, 0.05) is 5.56 Å². The van der Waals surface area contributed by atoms with Crippen molar-refractivity contribution in [3.8, 4) is 11.3 Å². The molecule has 2 aromatic rings. The molecule has 0 fully saturated rings. The molecule has 0 saturated carbocycles. The maximum atomic E-state index is 13.2. The molecule has 0 saturated heterocycles. The standard InChI is InChI=1S/C11H9ClFN3O2/c1-2-18-11(17)10-9(14-16-15-10)7-5-6(13)3-4-8(7)12/h3-5H,2H2,1H3,(H,14,15,16). The topological polar surface area (TPSA) is 67.9 Å². The quantitative estimate of drug-likeness (QED) is 0.869. The summed E-state index contributed by atoms with van der Waals surface area (Å²) in [6.07, 6.45) is 0. The number of ether oxygens (including phenoxy) is 1. The van der Waals surface area contributed by atoms with Crippen LogP contribution in [0.4, 0.5) is 4.39 Å².